The lowest BCUT2D eigenvalue weighted by atomic mass is 10.1. The van der Waals surface area contributed by atoms with Gasteiger partial charge in [0.1, 0.15) is 12.7 Å². The van der Waals surface area contributed by atoms with Crippen LogP contribution in [0.4, 0.5) is 5.69 Å². The van der Waals surface area contributed by atoms with Crippen LogP contribution in [0.25, 0.3) is 5.69 Å². The van der Waals surface area contributed by atoms with Crippen LogP contribution in [0.15, 0.2) is 49.1 Å². The van der Waals surface area contributed by atoms with Crippen molar-refractivity contribution in [1.29, 1.82) is 0 Å². The van der Waals surface area contributed by atoms with Crippen molar-refractivity contribution < 1.29 is 9.59 Å². The van der Waals surface area contributed by atoms with Gasteiger partial charge in [0.15, 0.2) is 0 Å². The number of piperazine rings is 1. The summed E-state index contributed by atoms with van der Waals surface area (Å²) in [7, 11) is 0. The minimum Gasteiger partial charge on any atom is -0.336 e. The van der Waals surface area contributed by atoms with Gasteiger partial charge in [-0.15, -0.1) is 0 Å². The van der Waals surface area contributed by atoms with E-state index in [4.69, 9.17) is 11.6 Å². The second-order valence-corrected chi connectivity index (χ2v) is 8.43. The van der Waals surface area contributed by atoms with Crippen molar-refractivity contribution in [1.82, 2.24) is 24.6 Å². The highest BCUT2D eigenvalue weighted by atomic mass is 35.5. The maximum absolute atomic E-state index is 12.9. The molecule has 8 nitrogen and oxygen atoms in total. The summed E-state index contributed by atoms with van der Waals surface area (Å²) in [6, 6.07) is 11.1. The lowest BCUT2D eigenvalue weighted by Crippen LogP contribution is -2.50. The van der Waals surface area contributed by atoms with Gasteiger partial charge in [0.05, 0.1) is 17.9 Å². The normalized spacial score (nSPS) is 14.4. The third-order valence-electron chi connectivity index (χ3n) is 5.39. The molecular weight excluding hydrogens is 428 g/mol. The molecule has 32 heavy (non-hydrogen) atoms. The van der Waals surface area contributed by atoms with Crippen molar-refractivity contribution in [3.63, 3.8) is 0 Å². The summed E-state index contributed by atoms with van der Waals surface area (Å²) in [4.78, 5) is 33.4. The Balaban J connectivity index is 1.34. The molecule has 9 heteroatoms. The molecule has 2 aromatic carbocycles. The highest BCUT2D eigenvalue weighted by Crippen LogP contribution is 2.24. The summed E-state index contributed by atoms with van der Waals surface area (Å²) < 4.78 is 1.57. The summed E-state index contributed by atoms with van der Waals surface area (Å²) >= 11 is 6.12. The summed E-state index contributed by atoms with van der Waals surface area (Å²) in [6.07, 6.45) is 2.99. The Kier molecular flexibility index (Phi) is 6.53. The Labute approximate surface area is 191 Å². The summed E-state index contributed by atoms with van der Waals surface area (Å²) in [5, 5.41) is 7.57. The quantitative estimate of drug-likeness (QED) is 0.643. The summed E-state index contributed by atoms with van der Waals surface area (Å²) in [5.74, 6) is -0.111. The number of hydrogen-bond donors (Lipinski definition) is 1. The predicted molar refractivity (Wildman–Crippen MR) is 123 cm³/mol. The van der Waals surface area contributed by atoms with Crippen molar-refractivity contribution in [3.05, 3.63) is 70.8 Å². The molecule has 3 aromatic rings. The molecule has 0 bridgehead atoms. The molecule has 2 amide bonds. The first kappa shape index (κ1) is 22.0. The molecule has 166 valence electrons. The smallest absolute Gasteiger partial charge is 0.253 e. The van der Waals surface area contributed by atoms with E-state index in [1.165, 1.54) is 6.33 Å². The third kappa shape index (κ3) is 5.15. The van der Waals surface area contributed by atoms with Gasteiger partial charge in [0.25, 0.3) is 5.91 Å². The highest BCUT2D eigenvalue weighted by Gasteiger charge is 2.24. The van der Waals surface area contributed by atoms with Crippen molar-refractivity contribution in [2.24, 2.45) is 0 Å². The minimum atomic E-state index is -0.150. The van der Waals surface area contributed by atoms with Gasteiger partial charge in [0, 0.05) is 36.8 Å². The lowest BCUT2D eigenvalue weighted by molar-refractivity contribution is -0.117. The number of amides is 2. The fourth-order valence-electron chi connectivity index (χ4n) is 3.92. The maximum Gasteiger partial charge on any atom is 0.253 e. The number of aromatic nitrogens is 3. The number of nitrogens with one attached hydrogen (secondary N) is 1. The fourth-order valence-corrected chi connectivity index (χ4v) is 4.10. The monoisotopic (exact) mass is 452 g/mol. The van der Waals surface area contributed by atoms with Crippen molar-refractivity contribution in [2.75, 3.05) is 38.0 Å². The van der Waals surface area contributed by atoms with Crippen LogP contribution in [-0.2, 0) is 4.79 Å². The number of benzene rings is 2. The average Bonchev–Trinajstić information content (AvgIpc) is 3.28. The lowest BCUT2D eigenvalue weighted by Gasteiger charge is -2.34. The van der Waals surface area contributed by atoms with E-state index in [-0.39, 0.29) is 18.4 Å². The molecule has 1 N–H and O–H groups in total. The molecule has 1 fully saturated rings. The van der Waals surface area contributed by atoms with Crippen LogP contribution >= 0.6 is 11.6 Å². The Morgan fingerprint density at radius 3 is 2.41 bits per heavy atom. The van der Waals surface area contributed by atoms with Gasteiger partial charge in [-0.25, -0.2) is 9.67 Å². The summed E-state index contributed by atoms with van der Waals surface area (Å²) in [5.41, 5.74) is 4.13. The predicted octanol–water partition coefficient (Wildman–Crippen LogP) is 2.93. The zero-order valence-corrected chi connectivity index (χ0v) is 18.8. The molecule has 1 aromatic heterocycles. The van der Waals surface area contributed by atoms with E-state index in [1.54, 1.807) is 29.2 Å². The first-order valence-electron chi connectivity index (χ1n) is 10.4. The van der Waals surface area contributed by atoms with Gasteiger partial charge >= 0.3 is 0 Å². The fraction of sp³-hybridized carbons (Fsp3) is 0.304. The van der Waals surface area contributed by atoms with E-state index in [9.17, 15) is 9.59 Å². The zero-order chi connectivity index (χ0) is 22.7. The molecular formula is C23H25ClN6O2. The second-order valence-electron chi connectivity index (χ2n) is 7.99. The zero-order valence-electron chi connectivity index (χ0n) is 18.1. The Morgan fingerprint density at radius 1 is 1.03 bits per heavy atom. The standard InChI is InChI=1S/C23H25ClN6O2/c1-16-9-17(2)11-18(10-16)23(32)29-7-5-28(6-8-29)13-22(31)27-20-12-19(24)3-4-21(20)30-15-25-14-26-30/h3-4,9-12,14-15H,5-8,13H2,1-2H3,(H,27,31). The average molecular weight is 453 g/mol. The first-order valence-corrected chi connectivity index (χ1v) is 10.8. The molecule has 4 rings (SSSR count). The van der Waals surface area contributed by atoms with Crippen LogP contribution in [0.3, 0.4) is 0 Å². The Morgan fingerprint density at radius 2 is 1.75 bits per heavy atom. The van der Waals surface area contributed by atoms with Gasteiger partial charge < -0.3 is 10.2 Å². The number of anilines is 1. The first-order chi connectivity index (χ1) is 15.4. The van der Waals surface area contributed by atoms with Crippen LogP contribution in [0, 0.1) is 13.8 Å². The molecule has 0 aliphatic carbocycles. The molecule has 0 saturated carbocycles. The number of aryl methyl sites for hydroxylation is 2. The number of hydrogen-bond acceptors (Lipinski definition) is 5. The van der Waals surface area contributed by atoms with E-state index >= 15 is 0 Å². The highest BCUT2D eigenvalue weighted by molar-refractivity contribution is 6.31. The van der Waals surface area contributed by atoms with E-state index in [0.29, 0.717) is 42.6 Å². The van der Waals surface area contributed by atoms with Crippen molar-refractivity contribution in [2.45, 2.75) is 13.8 Å². The van der Waals surface area contributed by atoms with Crippen LogP contribution in [-0.4, -0.2) is 69.1 Å². The van der Waals surface area contributed by atoms with Crippen molar-refractivity contribution in [3.8, 4) is 5.69 Å². The molecule has 0 radical (unpaired) electrons. The van der Waals surface area contributed by atoms with Crippen molar-refractivity contribution >= 4 is 29.1 Å². The van der Waals surface area contributed by atoms with E-state index in [2.05, 4.69) is 21.5 Å². The van der Waals surface area contributed by atoms with Crippen LogP contribution in [0.5, 0.6) is 0 Å². The molecule has 0 spiro atoms. The number of carbonyl (C=O) groups is 2. The van der Waals surface area contributed by atoms with E-state index < -0.39 is 0 Å². The minimum absolute atomic E-state index is 0.0392. The van der Waals surface area contributed by atoms with Crippen LogP contribution in [0.2, 0.25) is 5.02 Å². The largest absolute Gasteiger partial charge is 0.336 e. The topological polar surface area (TPSA) is 83.4 Å². The third-order valence-corrected chi connectivity index (χ3v) is 5.63. The Hall–Kier alpha value is -3.23. The van der Waals surface area contributed by atoms with Gasteiger partial charge in [-0.3, -0.25) is 14.5 Å². The van der Waals surface area contributed by atoms with Gasteiger partial charge in [0.2, 0.25) is 5.91 Å². The molecule has 2 heterocycles. The number of carbonyl (C=O) groups excluding carboxylic acids is 2. The van der Waals surface area contributed by atoms with E-state index in [0.717, 1.165) is 16.7 Å². The van der Waals surface area contributed by atoms with E-state index in [1.807, 2.05) is 35.8 Å². The van der Waals surface area contributed by atoms with Gasteiger partial charge in [-0.2, -0.15) is 5.10 Å². The number of halogens is 1. The maximum atomic E-state index is 12.9. The number of rotatable bonds is 5. The molecule has 1 aliphatic rings. The Bertz CT molecular complexity index is 1100. The summed E-state index contributed by atoms with van der Waals surface area (Å²) in [6.45, 7) is 6.66. The molecule has 0 unspecified atom stereocenters. The SMILES string of the molecule is Cc1cc(C)cc(C(=O)N2CCN(CC(=O)Nc3cc(Cl)ccc3-n3cncn3)CC2)c1. The van der Waals surface area contributed by atoms with Gasteiger partial charge in [-0.1, -0.05) is 28.8 Å². The number of nitrogens with zero attached hydrogens (tertiary/aromatic N) is 5. The van der Waals surface area contributed by atoms with Crippen LogP contribution in [0.1, 0.15) is 21.5 Å². The molecule has 0 atom stereocenters. The van der Waals surface area contributed by atoms with Crippen LogP contribution < -0.4 is 5.32 Å². The molecule has 1 saturated heterocycles. The van der Waals surface area contributed by atoms with Gasteiger partial charge in [-0.05, 0) is 44.2 Å². The molecule has 1 aliphatic heterocycles. The second kappa shape index (κ2) is 9.50.